The molecule has 0 atom stereocenters. The van der Waals surface area contributed by atoms with Crippen molar-refractivity contribution in [1.29, 1.82) is 0 Å². The maximum atomic E-state index is 12.7. The van der Waals surface area contributed by atoms with E-state index in [1.54, 1.807) is 0 Å². The first kappa shape index (κ1) is 23.2. The van der Waals surface area contributed by atoms with Gasteiger partial charge in [-0.3, -0.25) is 14.5 Å². The number of halogens is 1. The SMILES string of the molecule is COC(=O)c1ccc(CN2C(=O)SC(=Cc3cc(Cl)c(OCC(=O)O)c(OC)c3)C2=O)o1. The lowest BCUT2D eigenvalue weighted by molar-refractivity contribution is -0.139. The van der Waals surface area contributed by atoms with Crippen molar-refractivity contribution in [3.63, 3.8) is 0 Å². The minimum atomic E-state index is -1.18. The first-order chi connectivity index (χ1) is 15.2. The molecule has 0 saturated carbocycles. The molecule has 0 spiro atoms. The lowest BCUT2D eigenvalue weighted by Crippen LogP contribution is -2.27. The monoisotopic (exact) mass is 481 g/mol. The standard InChI is InChI=1S/C20H16ClNO9S/c1-28-14-6-10(5-12(21)17(14)30-9-16(23)24)7-15-18(25)22(20(27)32-15)8-11-3-4-13(31-11)19(26)29-2/h3-7H,8-9H2,1-2H3,(H,23,24). The number of aliphatic carboxylic acids is 1. The van der Waals surface area contributed by atoms with Crippen molar-refractivity contribution in [1.82, 2.24) is 4.90 Å². The van der Waals surface area contributed by atoms with Gasteiger partial charge in [0, 0.05) is 0 Å². The highest BCUT2D eigenvalue weighted by Gasteiger charge is 2.36. The summed E-state index contributed by atoms with van der Waals surface area (Å²) in [7, 11) is 2.56. The second-order valence-corrected chi connectivity index (χ2v) is 7.64. The summed E-state index contributed by atoms with van der Waals surface area (Å²) in [4.78, 5) is 48.4. The van der Waals surface area contributed by atoms with Crippen molar-refractivity contribution in [3.8, 4) is 11.5 Å². The summed E-state index contributed by atoms with van der Waals surface area (Å²) in [6.07, 6.45) is 1.45. The Bertz CT molecular complexity index is 1120. The van der Waals surface area contributed by atoms with Crippen molar-refractivity contribution in [3.05, 3.63) is 51.3 Å². The van der Waals surface area contributed by atoms with Crippen LogP contribution in [-0.2, 0) is 20.9 Å². The van der Waals surface area contributed by atoms with E-state index in [-0.39, 0.29) is 39.5 Å². The van der Waals surface area contributed by atoms with Crippen LogP contribution < -0.4 is 9.47 Å². The predicted octanol–water partition coefficient (Wildman–Crippen LogP) is 3.43. The molecule has 12 heteroatoms. The largest absolute Gasteiger partial charge is 0.493 e. The molecule has 0 unspecified atom stereocenters. The number of esters is 1. The molecule has 10 nitrogen and oxygen atoms in total. The fourth-order valence-electron chi connectivity index (χ4n) is 2.71. The maximum absolute atomic E-state index is 12.7. The molecule has 1 fully saturated rings. The van der Waals surface area contributed by atoms with Crippen LogP contribution in [0.5, 0.6) is 11.5 Å². The number of amides is 2. The number of hydrogen-bond donors (Lipinski definition) is 1. The smallest absolute Gasteiger partial charge is 0.373 e. The molecule has 168 valence electrons. The predicted molar refractivity (Wildman–Crippen MR) is 113 cm³/mol. The normalized spacial score (nSPS) is 14.7. The van der Waals surface area contributed by atoms with Crippen molar-refractivity contribution in [2.45, 2.75) is 6.54 Å². The van der Waals surface area contributed by atoms with E-state index in [1.165, 1.54) is 44.6 Å². The van der Waals surface area contributed by atoms with Gasteiger partial charge in [-0.25, -0.2) is 9.59 Å². The molecule has 1 N–H and O–H groups in total. The topological polar surface area (TPSA) is 133 Å². The number of carbonyl (C=O) groups is 4. The zero-order chi connectivity index (χ0) is 23.4. The number of imide groups is 1. The average molecular weight is 482 g/mol. The summed E-state index contributed by atoms with van der Waals surface area (Å²) in [6.45, 7) is -0.774. The number of hydrogen-bond acceptors (Lipinski definition) is 9. The van der Waals surface area contributed by atoms with Gasteiger partial charge in [0.25, 0.3) is 11.1 Å². The Morgan fingerprint density at radius 2 is 2.00 bits per heavy atom. The highest BCUT2D eigenvalue weighted by atomic mass is 35.5. The van der Waals surface area contributed by atoms with Gasteiger partial charge >= 0.3 is 11.9 Å². The number of rotatable bonds is 8. The van der Waals surface area contributed by atoms with E-state index in [0.29, 0.717) is 5.56 Å². The summed E-state index contributed by atoms with van der Waals surface area (Å²) in [5, 5.41) is 8.33. The Balaban J connectivity index is 1.80. The molecule has 2 aromatic rings. The quantitative estimate of drug-likeness (QED) is 0.441. The van der Waals surface area contributed by atoms with Crippen molar-refractivity contribution >= 4 is 52.5 Å². The Labute approximate surface area is 190 Å². The first-order valence-corrected chi connectivity index (χ1v) is 10.1. The Morgan fingerprint density at radius 3 is 2.66 bits per heavy atom. The van der Waals surface area contributed by atoms with Crippen molar-refractivity contribution in [2.24, 2.45) is 0 Å². The summed E-state index contributed by atoms with van der Waals surface area (Å²) in [6, 6.07) is 5.80. The Hall–Kier alpha value is -3.44. The average Bonchev–Trinajstić information content (AvgIpc) is 3.32. The van der Waals surface area contributed by atoms with Crippen molar-refractivity contribution in [2.75, 3.05) is 20.8 Å². The zero-order valence-corrected chi connectivity index (χ0v) is 18.3. The molecule has 0 aliphatic carbocycles. The zero-order valence-electron chi connectivity index (χ0n) is 16.7. The number of nitrogens with zero attached hydrogens (tertiary/aromatic N) is 1. The molecule has 1 aromatic carbocycles. The number of thioether (sulfide) groups is 1. The molecule has 32 heavy (non-hydrogen) atoms. The molecular formula is C20H16ClNO9S. The van der Waals surface area contributed by atoms with Crippen LogP contribution in [-0.4, -0.2) is 53.9 Å². The van der Waals surface area contributed by atoms with E-state index < -0.39 is 29.7 Å². The fraction of sp³-hybridized carbons (Fsp3) is 0.200. The number of ether oxygens (including phenoxy) is 3. The number of carbonyl (C=O) groups excluding carboxylic acids is 3. The van der Waals surface area contributed by atoms with E-state index in [4.69, 9.17) is 30.6 Å². The number of furan rings is 1. The third-order valence-corrected chi connectivity index (χ3v) is 5.31. The van der Waals surface area contributed by atoms with Crippen LogP contribution in [0.25, 0.3) is 6.08 Å². The Kier molecular flexibility index (Phi) is 7.11. The number of carboxylic acids is 1. The molecule has 1 aromatic heterocycles. The minimum Gasteiger partial charge on any atom is -0.493 e. The lowest BCUT2D eigenvalue weighted by Gasteiger charge is -2.12. The summed E-state index contributed by atoms with van der Waals surface area (Å²) >= 11 is 6.90. The van der Waals surface area contributed by atoms with E-state index >= 15 is 0 Å². The molecule has 2 heterocycles. The van der Waals surface area contributed by atoms with E-state index in [0.717, 1.165) is 16.7 Å². The van der Waals surface area contributed by atoms with Gasteiger partial charge in [0.1, 0.15) is 5.76 Å². The fourth-order valence-corrected chi connectivity index (χ4v) is 3.83. The molecule has 1 aliphatic heterocycles. The second kappa shape index (κ2) is 9.79. The van der Waals surface area contributed by atoms with Crippen LogP contribution in [0.2, 0.25) is 5.02 Å². The number of benzene rings is 1. The minimum absolute atomic E-state index is 0.0426. The highest BCUT2D eigenvalue weighted by molar-refractivity contribution is 8.18. The van der Waals surface area contributed by atoms with Gasteiger partial charge in [0.15, 0.2) is 18.1 Å². The second-order valence-electron chi connectivity index (χ2n) is 6.24. The summed E-state index contributed by atoms with van der Waals surface area (Å²) in [5.41, 5.74) is 0.436. The van der Waals surface area contributed by atoms with Crippen molar-refractivity contribution < 1.29 is 42.9 Å². The molecule has 0 radical (unpaired) electrons. The highest BCUT2D eigenvalue weighted by Crippen LogP contribution is 2.39. The van der Waals surface area contributed by atoms with E-state index in [2.05, 4.69) is 4.74 Å². The first-order valence-electron chi connectivity index (χ1n) is 8.88. The van der Waals surface area contributed by atoms with E-state index in [1.807, 2.05) is 0 Å². The van der Waals surface area contributed by atoms with Gasteiger partial charge in [-0.1, -0.05) is 11.6 Å². The molecule has 1 aliphatic rings. The Morgan fingerprint density at radius 1 is 1.25 bits per heavy atom. The van der Waals surface area contributed by atoms with Gasteiger partial charge in [-0.15, -0.1) is 0 Å². The molecule has 1 saturated heterocycles. The van der Waals surface area contributed by atoms with E-state index in [9.17, 15) is 19.2 Å². The van der Waals surface area contributed by atoms with Crippen LogP contribution in [0.4, 0.5) is 4.79 Å². The maximum Gasteiger partial charge on any atom is 0.373 e. The van der Waals surface area contributed by atoms with Crippen LogP contribution in [0.3, 0.4) is 0 Å². The van der Waals surface area contributed by atoms with Gasteiger partial charge < -0.3 is 23.7 Å². The van der Waals surface area contributed by atoms with Gasteiger partial charge in [0.05, 0.1) is 30.7 Å². The third kappa shape index (κ3) is 5.06. The molecule has 0 bridgehead atoms. The van der Waals surface area contributed by atoms with Gasteiger partial charge in [-0.2, -0.15) is 0 Å². The number of methoxy groups -OCH3 is 2. The number of carboxylic acid groups (broad SMARTS) is 1. The van der Waals surface area contributed by atoms with Gasteiger partial charge in [0.2, 0.25) is 5.76 Å². The van der Waals surface area contributed by atoms with Crippen LogP contribution in [0, 0.1) is 0 Å². The van der Waals surface area contributed by atoms with Gasteiger partial charge in [-0.05, 0) is 47.7 Å². The van der Waals surface area contributed by atoms with Crippen LogP contribution >= 0.6 is 23.4 Å². The van der Waals surface area contributed by atoms with Crippen LogP contribution in [0.15, 0.2) is 33.6 Å². The molecular weight excluding hydrogens is 466 g/mol. The lowest BCUT2D eigenvalue weighted by atomic mass is 10.1. The third-order valence-electron chi connectivity index (χ3n) is 4.13. The molecule has 2 amide bonds. The summed E-state index contributed by atoms with van der Waals surface area (Å²) < 4.78 is 20.2. The molecule has 3 rings (SSSR count). The summed E-state index contributed by atoms with van der Waals surface area (Å²) in [5.74, 6) is -2.02. The van der Waals surface area contributed by atoms with Crippen LogP contribution in [0.1, 0.15) is 21.9 Å².